The Balaban J connectivity index is 2.27. The molecule has 0 amide bonds. The summed E-state index contributed by atoms with van der Waals surface area (Å²) in [6, 6.07) is 6.51. The van der Waals surface area contributed by atoms with Crippen LogP contribution in [0.5, 0.6) is 0 Å². The van der Waals surface area contributed by atoms with Crippen molar-refractivity contribution in [2.45, 2.75) is 26.3 Å². The molecule has 0 radical (unpaired) electrons. The number of halogens is 3. The van der Waals surface area contributed by atoms with Gasteiger partial charge in [-0.05, 0) is 54.0 Å². The Bertz CT molecular complexity index is 598. The van der Waals surface area contributed by atoms with E-state index in [9.17, 15) is 8.78 Å². The molecule has 0 bridgehead atoms. The first kappa shape index (κ1) is 15.6. The van der Waals surface area contributed by atoms with Gasteiger partial charge in [-0.1, -0.05) is 6.92 Å². The molecule has 1 nitrogen and oxygen atoms in total. The van der Waals surface area contributed by atoms with Gasteiger partial charge in [-0.2, -0.15) is 0 Å². The molecule has 108 valence electrons. The molecule has 0 aliphatic heterocycles. The van der Waals surface area contributed by atoms with Crippen LogP contribution < -0.4 is 5.32 Å². The van der Waals surface area contributed by atoms with Gasteiger partial charge in [0.25, 0.3) is 0 Å². The smallest absolute Gasteiger partial charge is 0.140 e. The Kier molecular flexibility index (Phi) is 5.29. The minimum atomic E-state index is -0.582. The lowest BCUT2D eigenvalue weighted by Crippen LogP contribution is -2.18. The van der Waals surface area contributed by atoms with Gasteiger partial charge in [0.2, 0.25) is 0 Å². The lowest BCUT2D eigenvalue weighted by molar-refractivity contribution is 0.578. The molecule has 2 aromatic rings. The van der Waals surface area contributed by atoms with E-state index < -0.39 is 11.6 Å². The van der Waals surface area contributed by atoms with Crippen molar-refractivity contribution in [1.82, 2.24) is 5.32 Å². The van der Waals surface area contributed by atoms with Crippen LogP contribution >= 0.6 is 27.3 Å². The Labute approximate surface area is 130 Å². The van der Waals surface area contributed by atoms with Crippen molar-refractivity contribution in [2.75, 3.05) is 6.54 Å². The summed E-state index contributed by atoms with van der Waals surface area (Å²) in [6.45, 7) is 5.15. The molecule has 0 aliphatic carbocycles. The minimum Gasteiger partial charge on any atom is -0.309 e. The maximum atomic E-state index is 13.9. The monoisotopic (exact) mass is 359 g/mol. The molecule has 0 saturated heterocycles. The molecule has 20 heavy (non-hydrogen) atoms. The Morgan fingerprint density at radius 1 is 1.25 bits per heavy atom. The fraction of sp³-hybridized carbons (Fsp3) is 0.333. The largest absolute Gasteiger partial charge is 0.309 e. The van der Waals surface area contributed by atoms with Crippen LogP contribution in [-0.4, -0.2) is 6.54 Å². The molecular weight excluding hydrogens is 344 g/mol. The van der Waals surface area contributed by atoms with Gasteiger partial charge in [-0.25, -0.2) is 8.78 Å². The Hall–Kier alpha value is -0.780. The molecule has 1 heterocycles. The summed E-state index contributed by atoms with van der Waals surface area (Å²) in [7, 11) is 0. The highest BCUT2D eigenvalue weighted by Gasteiger charge is 2.14. The Morgan fingerprint density at radius 3 is 2.70 bits per heavy atom. The fourth-order valence-corrected chi connectivity index (χ4v) is 3.30. The second-order valence-corrected chi connectivity index (χ2v) is 6.59. The molecule has 0 fully saturated rings. The molecular formula is C15H16BrF2NS. The van der Waals surface area contributed by atoms with Crippen molar-refractivity contribution >= 4 is 27.3 Å². The first-order chi connectivity index (χ1) is 9.52. The van der Waals surface area contributed by atoms with Crippen molar-refractivity contribution in [2.24, 2.45) is 0 Å². The quantitative estimate of drug-likeness (QED) is 0.693. The highest BCUT2D eigenvalue weighted by atomic mass is 79.9. The SMILES string of the molecule is CCCNC(C)c1ccc(-c2cc(Br)c(F)cc2F)s1. The standard InChI is InChI=1S/C15H16BrF2NS/c1-3-6-19-9(2)14-4-5-15(20-14)10-7-11(16)13(18)8-12(10)17/h4-5,7-9,19H,3,6H2,1-2H3. The van der Waals surface area contributed by atoms with E-state index >= 15 is 0 Å². The van der Waals surface area contributed by atoms with E-state index in [0.717, 1.165) is 28.8 Å². The third-order valence-corrected chi connectivity index (χ3v) is 4.94. The van der Waals surface area contributed by atoms with Crippen LogP contribution in [0.1, 0.15) is 31.2 Å². The van der Waals surface area contributed by atoms with E-state index in [1.165, 1.54) is 17.4 Å². The van der Waals surface area contributed by atoms with Crippen LogP contribution in [0.3, 0.4) is 0 Å². The predicted octanol–water partition coefficient (Wildman–Crippen LogP) is 5.52. The molecule has 1 N–H and O–H groups in total. The second kappa shape index (κ2) is 6.78. The maximum absolute atomic E-state index is 13.9. The zero-order chi connectivity index (χ0) is 14.7. The lowest BCUT2D eigenvalue weighted by Gasteiger charge is -2.10. The van der Waals surface area contributed by atoms with E-state index in [1.807, 2.05) is 12.1 Å². The van der Waals surface area contributed by atoms with Gasteiger partial charge >= 0.3 is 0 Å². The normalized spacial score (nSPS) is 12.7. The van der Waals surface area contributed by atoms with Gasteiger partial charge in [0.05, 0.1) is 4.47 Å². The number of rotatable bonds is 5. The van der Waals surface area contributed by atoms with E-state index in [4.69, 9.17) is 0 Å². The number of benzene rings is 1. The number of nitrogens with one attached hydrogen (secondary N) is 1. The fourth-order valence-electron chi connectivity index (χ4n) is 1.90. The van der Waals surface area contributed by atoms with Gasteiger partial charge in [-0.3, -0.25) is 0 Å². The highest BCUT2D eigenvalue weighted by Crippen LogP contribution is 2.35. The van der Waals surface area contributed by atoms with E-state index in [1.54, 1.807) is 0 Å². The predicted molar refractivity (Wildman–Crippen MR) is 84.1 cm³/mol. The zero-order valence-corrected chi connectivity index (χ0v) is 13.7. The van der Waals surface area contributed by atoms with Crippen LogP contribution in [0, 0.1) is 11.6 Å². The molecule has 1 aromatic carbocycles. The van der Waals surface area contributed by atoms with Crippen molar-refractivity contribution in [3.05, 3.63) is 45.2 Å². The number of hydrogen-bond acceptors (Lipinski definition) is 2. The summed E-state index contributed by atoms with van der Waals surface area (Å²) in [5, 5.41) is 3.40. The molecule has 0 aliphatic rings. The molecule has 2 rings (SSSR count). The topological polar surface area (TPSA) is 12.0 Å². The molecule has 0 spiro atoms. The van der Waals surface area contributed by atoms with Gasteiger partial charge in [0.15, 0.2) is 0 Å². The van der Waals surface area contributed by atoms with Gasteiger partial charge < -0.3 is 5.32 Å². The molecule has 1 aromatic heterocycles. The first-order valence-corrected chi connectivity index (χ1v) is 8.12. The van der Waals surface area contributed by atoms with Crippen molar-refractivity contribution in [1.29, 1.82) is 0 Å². The summed E-state index contributed by atoms with van der Waals surface area (Å²) < 4.78 is 27.4. The summed E-state index contributed by atoms with van der Waals surface area (Å²) in [5.41, 5.74) is 0.428. The van der Waals surface area contributed by atoms with Crippen molar-refractivity contribution < 1.29 is 8.78 Å². The molecule has 1 unspecified atom stereocenters. The first-order valence-electron chi connectivity index (χ1n) is 6.51. The van der Waals surface area contributed by atoms with E-state index in [2.05, 4.69) is 35.1 Å². The average molecular weight is 360 g/mol. The highest BCUT2D eigenvalue weighted by molar-refractivity contribution is 9.10. The molecule has 0 saturated carbocycles. The average Bonchev–Trinajstić information content (AvgIpc) is 2.89. The molecule has 5 heteroatoms. The van der Waals surface area contributed by atoms with Crippen LogP contribution in [0.2, 0.25) is 0 Å². The summed E-state index contributed by atoms with van der Waals surface area (Å²) >= 11 is 4.63. The second-order valence-electron chi connectivity index (χ2n) is 4.62. The van der Waals surface area contributed by atoms with Gasteiger partial charge in [0.1, 0.15) is 11.6 Å². The minimum absolute atomic E-state index is 0.237. The molecule has 1 atom stereocenters. The van der Waals surface area contributed by atoms with Crippen molar-refractivity contribution in [3.63, 3.8) is 0 Å². The van der Waals surface area contributed by atoms with Crippen LogP contribution in [0.4, 0.5) is 8.78 Å². The number of thiophene rings is 1. The van der Waals surface area contributed by atoms with E-state index in [0.29, 0.717) is 5.56 Å². The lowest BCUT2D eigenvalue weighted by atomic mass is 10.1. The Morgan fingerprint density at radius 2 is 2.00 bits per heavy atom. The summed E-state index contributed by atoms with van der Waals surface area (Å²) in [6.07, 6.45) is 1.07. The maximum Gasteiger partial charge on any atom is 0.140 e. The third kappa shape index (κ3) is 3.45. The van der Waals surface area contributed by atoms with Crippen molar-refractivity contribution in [3.8, 4) is 10.4 Å². The van der Waals surface area contributed by atoms with Crippen LogP contribution in [0.15, 0.2) is 28.7 Å². The third-order valence-electron chi connectivity index (χ3n) is 3.03. The summed E-state index contributed by atoms with van der Waals surface area (Å²) in [5.74, 6) is -1.12. The van der Waals surface area contributed by atoms with Gasteiger partial charge in [-0.15, -0.1) is 11.3 Å². The summed E-state index contributed by atoms with van der Waals surface area (Å²) in [4.78, 5) is 1.96. The van der Waals surface area contributed by atoms with Crippen LogP contribution in [0.25, 0.3) is 10.4 Å². The van der Waals surface area contributed by atoms with E-state index in [-0.39, 0.29) is 10.5 Å². The van der Waals surface area contributed by atoms with Crippen LogP contribution in [-0.2, 0) is 0 Å². The number of hydrogen-bond donors (Lipinski definition) is 1. The van der Waals surface area contributed by atoms with Gasteiger partial charge in [0, 0.05) is 27.4 Å². The zero-order valence-electron chi connectivity index (χ0n) is 11.3.